The second-order valence-electron chi connectivity index (χ2n) is 7.47. The van der Waals surface area contributed by atoms with Gasteiger partial charge in [0, 0.05) is 39.3 Å². The monoisotopic (exact) mass is 371 g/mol. The first-order valence-corrected chi connectivity index (χ1v) is 9.05. The van der Waals surface area contributed by atoms with Crippen LogP contribution >= 0.6 is 0 Å². The Balaban J connectivity index is 1.79. The fourth-order valence-electron chi connectivity index (χ4n) is 3.21. The predicted molar refractivity (Wildman–Crippen MR) is 95.7 cm³/mol. The fraction of sp³-hybridized carbons (Fsp3) is 0.632. The summed E-state index contributed by atoms with van der Waals surface area (Å²) in [5.41, 5.74) is -0.0103. The summed E-state index contributed by atoms with van der Waals surface area (Å²) in [6, 6.07) is 4.89. The molecule has 1 aromatic carbocycles. The molecule has 146 valence electrons. The number of halogens is 3. The van der Waals surface area contributed by atoms with Gasteiger partial charge < -0.3 is 15.1 Å². The molecule has 0 bridgehead atoms. The smallest absolute Gasteiger partial charge is 0.335 e. The van der Waals surface area contributed by atoms with E-state index in [9.17, 15) is 18.0 Å². The number of piperidine rings is 1. The minimum Gasteiger partial charge on any atom is -0.335 e. The van der Waals surface area contributed by atoms with Gasteiger partial charge in [-0.3, -0.25) is 0 Å². The highest BCUT2D eigenvalue weighted by Gasteiger charge is 2.30. The Kier molecular flexibility index (Phi) is 6.92. The number of nitrogens with one attached hydrogen (secondary N) is 1. The highest BCUT2D eigenvalue weighted by atomic mass is 19.4. The highest BCUT2D eigenvalue weighted by molar-refractivity contribution is 5.74. The first-order valence-electron chi connectivity index (χ1n) is 9.05. The molecule has 0 aromatic heterocycles. The van der Waals surface area contributed by atoms with Crippen LogP contribution in [0.25, 0.3) is 0 Å². The van der Waals surface area contributed by atoms with E-state index in [2.05, 4.69) is 24.1 Å². The van der Waals surface area contributed by atoms with Crippen LogP contribution in [0, 0.1) is 5.92 Å². The maximum absolute atomic E-state index is 12.6. The molecule has 1 saturated heterocycles. The van der Waals surface area contributed by atoms with Crippen LogP contribution in [0.5, 0.6) is 0 Å². The Morgan fingerprint density at radius 1 is 1.23 bits per heavy atom. The van der Waals surface area contributed by atoms with Crippen LogP contribution in [0.2, 0.25) is 0 Å². The number of hydrogen-bond acceptors (Lipinski definition) is 2. The molecular formula is C19H28F3N3O. The van der Waals surface area contributed by atoms with Crippen LogP contribution < -0.4 is 5.32 Å². The van der Waals surface area contributed by atoms with Crippen LogP contribution in [0.4, 0.5) is 18.0 Å². The summed E-state index contributed by atoms with van der Waals surface area (Å²) in [6.07, 6.45) is -2.49. The number of likely N-dealkylation sites (tertiary alicyclic amines) is 1. The lowest BCUT2D eigenvalue weighted by Crippen LogP contribution is -2.48. The van der Waals surface area contributed by atoms with Gasteiger partial charge in [-0.25, -0.2) is 4.79 Å². The van der Waals surface area contributed by atoms with Crippen LogP contribution in [-0.4, -0.2) is 48.6 Å². The molecule has 4 nitrogen and oxygen atoms in total. The highest BCUT2D eigenvalue weighted by Crippen LogP contribution is 2.29. The van der Waals surface area contributed by atoms with Crippen molar-refractivity contribution in [3.63, 3.8) is 0 Å². The van der Waals surface area contributed by atoms with Crippen molar-refractivity contribution in [2.45, 2.75) is 45.5 Å². The average Bonchev–Trinajstić information content (AvgIpc) is 2.55. The van der Waals surface area contributed by atoms with E-state index in [1.54, 1.807) is 7.05 Å². The zero-order valence-electron chi connectivity index (χ0n) is 15.6. The van der Waals surface area contributed by atoms with E-state index in [-0.39, 0.29) is 18.6 Å². The quantitative estimate of drug-likeness (QED) is 0.850. The summed E-state index contributed by atoms with van der Waals surface area (Å²) in [5.74, 6) is 0.635. The van der Waals surface area contributed by atoms with Gasteiger partial charge in [0.25, 0.3) is 0 Å². The van der Waals surface area contributed by atoms with Gasteiger partial charge in [0.1, 0.15) is 0 Å². The first-order chi connectivity index (χ1) is 12.1. The van der Waals surface area contributed by atoms with E-state index in [0.717, 1.165) is 44.6 Å². The number of nitrogens with zero attached hydrogens (tertiary/aromatic N) is 2. The minimum atomic E-state index is -4.34. The molecule has 26 heavy (non-hydrogen) atoms. The van der Waals surface area contributed by atoms with Gasteiger partial charge >= 0.3 is 12.2 Å². The molecule has 2 amide bonds. The Labute approximate surface area is 153 Å². The molecule has 1 N–H and O–H groups in total. The number of benzene rings is 1. The van der Waals surface area contributed by atoms with E-state index in [0.29, 0.717) is 11.5 Å². The lowest BCUT2D eigenvalue weighted by molar-refractivity contribution is -0.137. The average molecular weight is 371 g/mol. The molecule has 1 aromatic rings. The van der Waals surface area contributed by atoms with Crippen molar-refractivity contribution in [2.75, 3.05) is 26.7 Å². The summed E-state index contributed by atoms with van der Waals surface area (Å²) >= 11 is 0. The SMILES string of the molecule is CC(C)CN1CCC(NC(=O)N(C)Cc2ccc(C(F)(F)F)cc2)CC1. The third kappa shape index (κ3) is 6.20. The number of urea groups is 1. The van der Waals surface area contributed by atoms with Crippen molar-refractivity contribution in [1.82, 2.24) is 15.1 Å². The van der Waals surface area contributed by atoms with Crippen LogP contribution in [0.3, 0.4) is 0 Å². The number of carbonyl (C=O) groups is 1. The molecule has 0 atom stereocenters. The van der Waals surface area contributed by atoms with E-state index >= 15 is 0 Å². The second-order valence-corrected chi connectivity index (χ2v) is 7.47. The van der Waals surface area contributed by atoms with Gasteiger partial charge in [-0.2, -0.15) is 13.2 Å². The third-order valence-electron chi connectivity index (χ3n) is 4.59. The van der Waals surface area contributed by atoms with Crippen molar-refractivity contribution in [2.24, 2.45) is 5.92 Å². The molecule has 0 aliphatic carbocycles. The standard InChI is InChI=1S/C19H28F3N3O/c1-14(2)12-25-10-8-17(9-11-25)23-18(26)24(3)13-15-4-6-16(7-5-15)19(20,21)22/h4-7,14,17H,8-13H2,1-3H3,(H,23,26). The van der Waals surface area contributed by atoms with Gasteiger partial charge in [0.15, 0.2) is 0 Å². The molecule has 1 aliphatic rings. The molecule has 0 unspecified atom stereocenters. The second kappa shape index (κ2) is 8.75. The molecule has 1 aliphatic heterocycles. The molecule has 0 saturated carbocycles. The Morgan fingerprint density at radius 3 is 2.31 bits per heavy atom. The largest absolute Gasteiger partial charge is 0.416 e. The minimum absolute atomic E-state index is 0.154. The molecule has 2 rings (SSSR count). The Morgan fingerprint density at radius 2 is 1.81 bits per heavy atom. The third-order valence-corrected chi connectivity index (χ3v) is 4.59. The summed E-state index contributed by atoms with van der Waals surface area (Å²) in [7, 11) is 1.65. The summed E-state index contributed by atoms with van der Waals surface area (Å²) in [5, 5.41) is 3.03. The number of rotatable bonds is 5. The van der Waals surface area contributed by atoms with Gasteiger partial charge in [-0.05, 0) is 36.5 Å². The molecule has 0 spiro atoms. The normalized spacial score (nSPS) is 16.7. The number of alkyl halides is 3. The van der Waals surface area contributed by atoms with E-state index in [1.165, 1.54) is 17.0 Å². The van der Waals surface area contributed by atoms with Crippen molar-refractivity contribution in [1.29, 1.82) is 0 Å². The topological polar surface area (TPSA) is 35.6 Å². The molecule has 0 radical (unpaired) electrons. The van der Waals surface area contributed by atoms with Crippen molar-refractivity contribution in [3.05, 3.63) is 35.4 Å². The van der Waals surface area contributed by atoms with E-state index < -0.39 is 11.7 Å². The number of carbonyl (C=O) groups excluding carboxylic acids is 1. The van der Waals surface area contributed by atoms with Crippen LogP contribution in [-0.2, 0) is 12.7 Å². The zero-order chi connectivity index (χ0) is 19.3. The first kappa shape index (κ1) is 20.6. The maximum Gasteiger partial charge on any atom is 0.416 e. The Bertz CT molecular complexity index is 579. The molecule has 1 heterocycles. The van der Waals surface area contributed by atoms with Crippen molar-refractivity contribution in [3.8, 4) is 0 Å². The number of hydrogen-bond donors (Lipinski definition) is 1. The summed E-state index contributed by atoms with van der Waals surface area (Å²) in [4.78, 5) is 16.2. The molecule has 7 heteroatoms. The summed E-state index contributed by atoms with van der Waals surface area (Å²) < 4.78 is 37.8. The Hall–Kier alpha value is -1.76. The lowest BCUT2D eigenvalue weighted by Gasteiger charge is -2.34. The van der Waals surface area contributed by atoms with Gasteiger partial charge in [-0.15, -0.1) is 0 Å². The fourth-order valence-corrected chi connectivity index (χ4v) is 3.21. The lowest BCUT2D eigenvalue weighted by atomic mass is 10.0. The van der Waals surface area contributed by atoms with Gasteiger partial charge in [0.2, 0.25) is 0 Å². The van der Waals surface area contributed by atoms with Crippen LogP contribution in [0.15, 0.2) is 24.3 Å². The maximum atomic E-state index is 12.6. The summed E-state index contributed by atoms with van der Waals surface area (Å²) in [6.45, 7) is 7.70. The van der Waals surface area contributed by atoms with Crippen molar-refractivity contribution >= 4 is 6.03 Å². The van der Waals surface area contributed by atoms with Gasteiger partial charge in [-0.1, -0.05) is 26.0 Å². The van der Waals surface area contributed by atoms with E-state index in [1.807, 2.05) is 0 Å². The predicted octanol–water partition coefficient (Wildman–Crippen LogP) is 3.97. The van der Waals surface area contributed by atoms with Crippen molar-refractivity contribution < 1.29 is 18.0 Å². The van der Waals surface area contributed by atoms with E-state index in [4.69, 9.17) is 0 Å². The molecule has 1 fully saturated rings. The van der Waals surface area contributed by atoms with Gasteiger partial charge in [0.05, 0.1) is 5.56 Å². The molecular weight excluding hydrogens is 343 g/mol. The van der Waals surface area contributed by atoms with Crippen LogP contribution in [0.1, 0.15) is 37.8 Å². The number of amides is 2. The zero-order valence-corrected chi connectivity index (χ0v) is 15.6.